The highest BCUT2D eigenvalue weighted by atomic mass is 16.2. The molecule has 0 bridgehead atoms. The van der Waals surface area contributed by atoms with Gasteiger partial charge in [0.25, 0.3) is 0 Å². The van der Waals surface area contributed by atoms with Gasteiger partial charge < -0.3 is 10.6 Å². The standard InChI is InChI=1S/C26H34N4O2/c1-29(23-10-3-2-4-11-23)25(31)18-30-14-6-9-22(17-30)24-13-12-21(16-28-24)19-7-5-8-20(15-19)26(27)32/h5,7-8,12-13,15-16,22-23H,2-4,6,9-11,14,17-18H2,1H3,(H2,27,32)/t22-/m1/s1. The monoisotopic (exact) mass is 434 g/mol. The molecule has 32 heavy (non-hydrogen) atoms. The van der Waals surface area contributed by atoms with E-state index >= 15 is 0 Å². The summed E-state index contributed by atoms with van der Waals surface area (Å²) in [5.74, 6) is 0.153. The number of likely N-dealkylation sites (tertiary alicyclic amines) is 1. The van der Waals surface area contributed by atoms with E-state index in [1.54, 1.807) is 12.1 Å². The topological polar surface area (TPSA) is 79.5 Å². The molecule has 2 aromatic rings. The zero-order chi connectivity index (χ0) is 22.5. The fraction of sp³-hybridized carbons (Fsp3) is 0.500. The molecule has 2 amide bonds. The van der Waals surface area contributed by atoms with Crippen LogP contribution < -0.4 is 5.73 Å². The number of likely N-dealkylation sites (N-methyl/N-ethyl adjacent to an activating group) is 1. The maximum Gasteiger partial charge on any atom is 0.248 e. The van der Waals surface area contributed by atoms with Crippen molar-refractivity contribution in [3.63, 3.8) is 0 Å². The van der Waals surface area contributed by atoms with E-state index in [9.17, 15) is 9.59 Å². The highest BCUT2D eigenvalue weighted by Crippen LogP contribution is 2.28. The highest BCUT2D eigenvalue weighted by molar-refractivity contribution is 5.94. The molecule has 0 spiro atoms. The first-order valence-electron chi connectivity index (χ1n) is 11.9. The van der Waals surface area contributed by atoms with Crippen molar-refractivity contribution in [2.24, 2.45) is 5.73 Å². The highest BCUT2D eigenvalue weighted by Gasteiger charge is 2.27. The van der Waals surface area contributed by atoms with E-state index in [1.165, 1.54) is 19.3 Å². The van der Waals surface area contributed by atoms with Gasteiger partial charge in [-0.3, -0.25) is 19.5 Å². The number of carbonyl (C=O) groups is 2. The lowest BCUT2D eigenvalue weighted by Crippen LogP contribution is -2.46. The number of rotatable bonds is 6. The van der Waals surface area contributed by atoms with Crippen molar-refractivity contribution < 1.29 is 9.59 Å². The van der Waals surface area contributed by atoms with Crippen LogP contribution in [0.15, 0.2) is 42.6 Å². The van der Waals surface area contributed by atoms with Crippen LogP contribution >= 0.6 is 0 Å². The molecule has 6 nitrogen and oxygen atoms in total. The maximum absolute atomic E-state index is 12.9. The average molecular weight is 435 g/mol. The van der Waals surface area contributed by atoms with Crippen molar-refractivity contribution in [2.45, 2.75) is 56.9 Å². The molecular weight excluding hydrogens is 400 g/mol. The SMILES string of the molecule is CN(C(=O)CN1CCC[C@@H](c2ccc(-c3cccc(C(N)=O)c3)cn2)C1)C1CCCCC1. The molecule has 4 rings (SSSR count). The molecule has 0 unspecified atom stereocenters. The Bertz CT molecular complexity index is 937. The Balaban J connectivity index is 1.37. The van der Waals surface area contributed by atoms with Crippen molar-refractivity contribution in [1.82, 2.24) is 14.8 Å². The van der Waals surface area contributed by atoms with E-state index < -0.39 is 5.91 Å². The lowest BCUT2D eigenvalue weighted by Gasteiger charge is -2.36. The largest absolute Gasteiger partial charge is 0.366 e. The first-order valence-corrected chi connectivity index (χ1v) is 11.9. The average Bonchev–Trinajstić information content (AvgIpc) is 2.84. The van der Waals surface area contributed by atoms with Gasteiger partial charge in [0, 0.05) is 48.6 Å². The van der Waals surface area contributed by atoms with Gasteiger partial charge in [-0.15, -0.1) is 0 Å². The summed E-state index contributed by atoms with van der Waals surface area (Å²) in [4.78, 5) is 33.4. The molecule has 170 valence electrons. The van der Waals surface area contributed by atoms with E-state index in [2.05, 4.69) is 17.0 Å². The molecule has 1 saturated carbocycles. The predicted octanol–water partition coefficient (Wildman–Crippen LogP) is 3.82. The van der Waals surface area contributed by atoms with Crippen LogP contribution in [0.5, 0.6) is 0 Å². The zero-order valence-electron chi connectivity index (χ0n) is 19.0. The third-order valence-corrected chi connectivity index (χ3v) is 7.07. The summed E-state index contributed by atoms with van der Waals surface area (Å²) < 4.78 is 0. The molecule has 1 aliphatic heterocycles. The Hall–Kier alpha value is -2.73. The minimum absolute atomic E-state index is 0.246. The summed E-state index contributed by atoms with van der Waals surface area (Å²) in [6.45, 7) is 2.34. The number of nitrogens with two attached hydrogens (primary N) is 1. The summed E-state index contributed by atoms with van der Waals surface area (Å²) >= 11 is 0. The van der Waals surface area contributed by atoms with Crippen molar-refractivity contribution in [2.75, 3.05) is 26.7 Å². The Morgan fingerprint density at radius 1 is 1.06 bits per heavy atom. The second kappa shape index (κ2) is 10.3. The van der Waals surface area contributed by atoms with Crippen LogP contribution in [0.2, 0.25) is 0 Å². The lowest BCUT2D eigenvalue weighted by atomic mass is 9.93. The van der Waals surface area contributed by atoms with E-state index in [0.717, 1.165) is 55.6 Å². The molecule has 1 aliphatic carbocycles. The Morgan fingerprint density at radius 2 is 1.88 bits per heavy atom. The fourth-order valence-corrected chi connectivity index (χ4v) is 5.08. The van der Waals surface area contributed by atoms with Gasteiger partial charge in [0.2, 0.25) is 11.8 Å². The van der Waals surface area contributed by atoms with Crippen LogP contribution in [0.1, 0.15) is 66.9 Å². The third-order valence-electron chi connectivity index (χ3n) is 7.07. The van der Waals surface area contributed by atoms with Crippen molar-refractivity contribution in [3.05, 3.63) is 53.9 Å². The molecule has 2 fully saturated rings. The number of benzene rings is 1. The molecule has 0 radical (unpaired) electrons. The fourth-order valence-electron chi connectivity index (χ4n) is 5.08. The van der Waals surface area contributed by atoms with E-state index in [4.69, 9.17) is 10.7 Å². The Kier molecular flexibility index (Phi) is 7.20. The zero-order valence-corrected chi connectivity index (χ0v) is 19.0. The van der Waals surface area contributed by atoms with Gasteiger partial charge in [-0.1, -0.05) is 37.5 Å². The molecule has 2 aliphatic rings. The summed E-state index contributed by atoms with van der Waals surface area (Å²) in [5.41, 5.74) is 8.87. The normalized spacial score (nSPS) is 20.1. The maximum atomic E-state index is 12.9. The molecule has 6 heteroatoms. The van der Waals surface area contributed by atoms with Crippen LogP contribution in [0.25, 0.3) is 11.1 Å². The van der Waals surface area contributed by atoms with Crippen molar-refractivity contribution >= 4 is 11.8 Å². The van der Waals surface area contributed by atoms with E-state index in [1.807, 2.05) is 30.3 Å². The number of carbonyl (C=O) groups excluding carboxylic acids is 2. The minimum atomic E-state index is -0.428. The number of amides is 2. The molecule has 1 atom stereocenters. The third kappa shape index (κ3) is 5.36. The van der Waals surface area contributed by atoms with Gasteiger partial charge >= 0.3 is 0 Å². The van der Waals surface area contributed by atoms with Gasteiger partial charge in [-0.2, -0.15) is 0 Å². The van der Waals surface area contributed by atoms with Gasteiger partial charge in [0.15, 0.2) is 0 Å². The van der Waals surface area contributed by atoms with Crippen LogP contribution in [0, 0.1) is 0 Å². The van der Waals surface area contributed by atoms with Crippen LogP contribution in [-0.4, -0.2) is 59.3 Å². The van der Waals surface area contributed by atoms with Gasteiger partial charge in [-0.25, -0.2) is 0 Å². The van der Waals surface area contributed by atoms with Crippen LogP contribution in [-0.2, 0) is 4.79 Å². The lowest BCUT2D eigenvalue weighted by molar-refractivity contribution is -0.134. The summed E-state index contributed by atoms with van der Waals surface area (Å²) in [5, 5.41) is 0. The van der Waals surface area contributed by atoms with E-state index in [-0.39, 0.29) is 5.91 Å². The molecule has 1 saturated heterocycles. The first-order chi connectivity index (χ1) is 15.5. The summed E-state index contributed by atoms with van der Waals surface area (Å²) in [7, 11) is 1.98. The smallest absolute Gasteiger partial charge is 0.248 e. The second-order valence-corrected chi connectivity index (χ2v) is 9.29. The summed E-state index contributed by atoms with van der Waals surface area (Å²) in [6.07, 6.45) is 10.1. The number of primary amides is 1. The molecule has 1 aromatic heterocycles. The molecular formula is C26H34N4O2. The number of hydrogen-bond donors (Lipinski definition) is 1. The second-order valence-electron chi connectivity index (χ2n) is 9.29. The minimum Gasteiger partial charge on any atom is -0.366 e. The van der Waals surface area contributed by atoms with Crippen molar-refractivity contribution in [3.8, 4) is 11.1 Å². The number of hydrogen-bond acceptors (Lipinski definition) is 4. The predicted molar refractivity (Wildman–Crippen MR) is 126 cm³/mol. The number of piperidine rings is 1. The van der Waals surface area contributed by atoms with Gasteiger partial charge in [-0.05, 0) is 56.0 Å². The Labute approximate surface area is 190 Å². The quantitative estimate of drug-likeness (QED) is 0.750. The number of aromatic nitrogens is 1. The number of pyridine rings is 1. The van der Waals surface area contributed by atoms with Crippen molar-refractivity contribution in [1.29, 1.82) is 0 Å². The van der Waals surface area contributed by atoms with Gasteiger partial charge in [0.1, 0.15) is 0 Å². The Morgan fingerprint density at radius 3 is 2.59 bits per heavy atom. The first kappa shape index (κ1) is 22.5. The van der Waals surface area contributed by atoms with Crippen LogP contribution in [0.3, 0.4) is 0 Å². The molecule has 1 aromatic carbocycles. The molecule has 2 N–H and O–H groups in total. The summed E-state index contributed by atoms with van der Waals surface area (Å²) in [6, 6.07) is 11.9. The van der Waals surface area contributed by atoms with E-state index in [0.29, 0.717) is 24.1 Å². The van der Waals surface area contributed by atoms with Crippen LogP contribution in [0.4, 0.5) is 0 Å². The molecule has 2 heterocycles. The van der Waals surface area contributed by atoms with Gasteiger partial charge in [0.05, 0.1) is 6.54 Å². The number of nitrogens with zero attached hydrogens (tertiary/aromatic N) is 3.